The topological polar surface area (TPSA) is 29.3 Å². The standard InChI is InChI=1S/C12H26N2/c1-2-3-4-5-6-9-14-10-7-8-12(13)11-14/h12H,2-11,13H2,1H3. The van der Waals surface area contributed by atoms with E-state index in [0.717, 1.165) is 6.54 Å². The van der Waals surface area contributed by atoms with Gasteiger partial charge < -0.3 is 10.6 Å². The van der Waals surface area contributed by atoms with Crippen LogP contribution in [0.4, 0.5) is 0 Å². The number of piperidine rings is 1. The van der Waals surface area contributed by atoms with Crippen molar-refractivity contribution in [2.75, 3.05) is 19.6 Å². The van der Waals surface area contributed by atoms with Crippen LogP contribution >= 0.6 is 0 Å². The molecule has 0 radical (unpaired) electrons. The van der Waals surface area contributed by atoms with Crippen LogP contribution in [0.15, 0.2) is 0 Å². The van der Waals surface area contributed by atoms with E-state index in [9.17, 15) is 0 Å². The van der Waals surface area contributed by atoms with Gasteiger partial charge in [-0.05, 0) is 32.4 Å². The molecule has 0 spiro atoms. The lowest BCUT2D eigenvalue weighted by atomic mass is 10.1. The van der Waals surface area contributed by atoms with Crippen LogP contribution in [0.25, 0.3) is 0 Å². The summed E-state index contributed by atoms with van der Waals surface area (Å²) in [5.74, 6) is 0. The normalized spacial score (nSPS) is 24.0. The average Bonchev–Trinajstić information content (AvgIpc) is 2.18. The van der Waals surface area contributed by atoms with Gasteiger partial charge in [-0.25, -0.2) is 0 Å². The van der Waals surface area contributed by atoms with Gasteiger partial charge in [-0.3, -0.25) is 0 Å². The maximum absolute atomic E-state index is 5.94. The fourth-order valence-electron chi connectivity index (χ4n) is 2.23. The Morgan fingerprint density at radius 1 is 1.21 bits per heavy atom. The van der Waals surface area contributed by atoms with Crippen molar-refractivity contribution in [2.24, 2.45) is 5.73 Å². The van der Waals surface area contributed by atoms with Gasteiger partial charge in [0.2, 0.25) is 0 Å². The minimum absolute atomic E-state index is 0.444. The van der Waals surface area contributed by atoms with Crippen molar-refractivity contribution in [1.82, 2.24) is 4.90 Å². The Morgan fingerprint density at radius 3 is 2.71 bits per heavy atom. The number of nitrogens with zero attached hydrogens (tertiary/aromatic N) is 1. The third kappa shape index (κ3) is 4.97. The second-order valence-corrected chi connectivity index (χ2v) is 4.62. The maximum atomic E-state index is 5.94. The fraction of sp³-hybridized carbons (Fsp3) is 1.00. The summed E-state index contributed by atoms with van der Waals surface area (Å²) < 4.78 is 0. The van der Waals surface area contributed by atoms with Crippen molar-refractivity contribution >= 4 is 0 Å². The third-order valence-electron chi connectivity index (χ3n) is 3.12. The van der Waals surface area contributed by atoms with Crippen molar-refractivity contribution in [2.45, 2.75) is 57.9 Å². The van der Waals surface area contributed by atoms with Crippen molar-refractivity contribution in [3.8, 4) is 0 Å². The Balaban J connectivity index is 1.95. The van der Waals surface area contributed by atoms with Gasteiger partial charge in [0.15, 0.2) is 0 Å². The molecule has 1 fully saturated rings. The monoisotopic (exact) mass is 198 g/mol. The molecule has 1 heterocycles. The average molecular weight is 198 g/mol. The summed E-state index contributed by atoms with van der Waals surface area (Å²) in [7, 11) is 0. The van der Waals surface area contributed by atoms with Crippen LogP contribution in [0.5, 0.6) is 0 Å². The number of hydrogen-bond donors (Lipinski definition) is 1. The van der Waals surface area contributed by atoms with Crippen LogP contribution in [0.3, 0.4) is 0 Å². The largest absolute Gasteiger partial charge is 0.327 e. The zero-order valence-electron chi connectivity index (χ0n) is 9.67. The van der Waals surface area contributed by atoms with E-state index in [1.165, 1.54) is 58.0 Å². The Morgan fingerprint density at radius 2 is 2.00 bits per heavy atom. The second-order valence-electron chi connectivity index (χ2n) is 4.62. The summed E-state index contributed by atoms with van der Waals surface area (Å²) in [6.07, 6.45) is 9.46. The Kier molecular flexibility index (Phi) is 6.20. The summed E-state index contributed by atoms with van der Waals surface area (Å²) in [5.41, 5.74) is 5.94. The predicted octanol–water partition coefficient (Wildman–Crippen LogP) is 2.38. The number of nitrogens with two attached hydrogens (primary N) is 1. The first-order valence-corrected chi connectivity index (χ1v) is 6.31. The molecule has 0 aromatic heterocycles. The van der Waals surface area contributed by atoms with Gasteiger partial charge in [-0.1, -0.05) is 32.6 Å². The molecule has 84 valence electrons. The van der Waals surface area contributed by atoms with Gasteiger partial charge in [0.25, 0.3) is 0 Å². The zero-order valence-corrected chi connectivity index (χ0v) is 9.67. The first-order chi connectivity index (χ1) is 6.83. The van der Waals surface area contributed by atoms with Crippen molar-refractivity contribution in [3.05, 3.63) is 0 Å². The lowest BCUT2D eigenvalue weighted by Gasteiger charge is -2.30. The summed E-state index contributed by atoms with van der Waals surface area (Å²) in [6, 6.07) is 0.444. The van der Waals surface area contributed by atoms with E-state index in [0.29, 0.717) is 6.04 Å². The molecule has 1 aliphatic rings. The highest BCUT2D eigenvalue weighted by atomic mass is 15.1. The molecule has 0 aromatic rings. The molecule has 1 rings (SSSR count). The van der Waals surface area contributed by atoms with E-state index in [4.69, 9.17) is 5.73 Å². The van der Waals surface area contributed by atoms with Gasteiger partial charge in [-0.15, -0.1) is 0 Å². The van der Waals surface area contributed by atoms with Crippen LogP contribution in [0.1, 0.15) is 51.9 Å². The molecule has 1 atom stereocenters. The quantitative estimate of drug-likeness (QED) is 0.664. The van der Waals surface area contributed by atoms with Gasteiger partial charge in [0.05, 0.1) is 0 Å². The van der Waals surface area contributed by atoms with Gasteiger partial charge >= 0.3 is 0 Å². The Bertz CT molecular complexity index is 136. The minimum Gasteiger partial charge on any atom is -0.327 e. The molecule has 2 nitrogen and oxygen atoms in total. The van der Waals surface area contributed by atoms with E-state index < -0.39 is 0 Å². The van der Waals surface area contributed by atoms with E-state index in [1.54, 1.807) is 0 Å². The molecule has 0 aliphatic carbocycles. The minimum atomic E-state index is 0.444. The van der Waals surface area contributed by atoms with Gasteiger partial charge in [0.1, 0.15) is 0 Å². The maximum Gasteiger partial charge on any atom is 0.0168 e. The Hall–Kier alpha value is -0.0800. The number of likely N-dealkylation sites (tertiary alicyclic amines) is 1. The molecule has 2 N–H and O–H groups in total. The molecular weight excluding hydrogens is 172 g/mol. The first kappa shape index (κ1) is 12.0. The van der Waals surface area contributed by atoms with Crippen LogP contribution < -0.4 is 5.73 Å². The lowest BCUT2D eigenvalue weighted by Crippen LogP contribution is -2.43. The van der Waals surface area contributed by atoms with Gasteiger partial charge in [-0.2, -0.15) is 0 Å². The molecule has 0 bridgehead atoms. The molecule has 1 saturated heterocycles. The zero-order chi connectivity index (χ0) is 10.2. The number of unbranched alkanes of at least 4 members (excludes halogenated alkanes) is 4. The van der Waals surface area contributed by atoms with Crippen molar-refractivity contribution < 1.29 is 0 Å². The molecular formula is C12H26N2. The molecule has 0 saturated carbocycles. The highest BCUT2D eigenvalue weighted by Gasteiger charge is 2.15. The molecule has 2 heteroatoms. The molecule has 1 aliphatic heterocycles. The van der Waals surface area contributed by atoms with Crippen LogP contribution in [0.2, 0.25) is 0 Å². The predicted molar refractivity (Wildman–Crippen MR) is 62.4 cm³/mol. The Labute approximate surface area is 88.8 Å². The van der Waals surface area contributed by atoms with Crippen molar-refractivity contribution in [3.63, 3.8) is 0 Å². The summed E-state index contributed by atoms with van der Waals surface area (Å²) >= 11 is 0. The molecule has 1 unspecified atom stereocenters. The first-order valence-electron chi connectivity index (χ1n) is 6.31. The smallest absolute Gasteiger partial charge is 0.0168 e. The van der Waals surface area contributed by atoms with Crippen molar-refractivity contribution in [1.29, 1.82) is 0 Å². The number of hydrogen-bond acceptors (Lipinski definition) is 2. The number of rotatable bonds is 6. The van der Waals surface area contributed by atoms with E-state index in [2.05, 4.69) is 11.8 Å². The highest BCUT2D eigenvalue weighted by molar-refractivity contribution is 4.74. The second kappa shape index (κ2) is 7.24. The van der Waals surface area contributed by atoms with E-state index in [-0.39, 0.29) is 0 Å². The highest BCUT2D eigenvalue weighted by Crippen LogP contribution is 2.10. The molecule has 0 aromatic carbocycles. The molecule has 14 heavy (non-hydrogen) atoms. The van der Waals surface area contributed by atoms with Crippen LogP contribution in [-0.2, 0) is 0 Å². The summed E-state index contributed by atoms with van der Waals surface area (Å²) in [5, 5.41) is 0. The fourth-order valence-corrected chi connectivity index (χ4v) is 2.23. The SMILES string of the molecule is CCCCCCCN1CCCC(N)C1. The van der Waals surface area contributed by atoms with E-state index in [1.807, 2.05) is 0 Å². The summed E-state index contributed by atoms with van der Waals surface area (Å²) in [6.45, 7) is 5.95. The van der Waals surface area contributed by atoms with E-state index >= 15 is 0 Å². The third-order valence-corrected chi connectivity index (χ3v) is 3.12. The van der Waals surface area contributed by atoms with Crippen LogP contribution in [0, 0.1) is 0 Å². The summed E-state index contributed by atoms with van der Waals surface area (Å²) in [4.78, 5) is 2.54. The molecule has 0 amide bonds. The van der Waals surface area contributed by atoms with Crippen LogP contribution in [-0.4, -0.2) is 30.6 Å². The van der Waals surface area contributed by atoms with Gasteiger partial charge in [0, 0.05) is 12.6 Å². The lowest BCUT2D eigenvalue weighted by molar-refractivity contribution is 0.205.